The van der Waals surface area contributed by atoms with Crippen LogP contribution in [0.15, 0.2) is 12.2 Å². The molecule has 0 amide bonds. The average molecular weight is 413 g/mol. The molecule has 0 aromatic carbocycles. The second kappa shape index (κ2) is 6.59. The fourth-order valence-corrected chi connectivity index (χ4v) is 9.40. The fourth-order valence-electron chi connectivity index (χ4n) is 9.40. The van der Waals surface area contributed by atoms with Crippen LogP contribution in [0.5, 0.6) is 0 Å². The second-order valence-electron chi connectivity index (χ2n) is 12.1. The van der Waals surface area contributed by atoms with E-state index in [9.17, 15) is 9.59 Å². The summed E-state index contributed by atoms with van der Waals surface area (Å²) in [6.07, 6.45) is 14.6. The van der Waals surface area contributed by atoms with Crippen molar-refractivity contribution in [3.8, 4) is 0 Å². The Kier molecular flexibility index (Phi) is 4.26. The lowest BCUT2D eigenvalue weighted by atomic mass is 9.50. The Hall–Kier alpha value is -1.32. The van der Waals surface area contributed by atoms with Crippen molar-refractivity contribution in [2.24, 2.45) is 47.3 Å². The minimum absolute atomic E-state index is 0.297. The van der Waals surface area contributed by atoms with Gasteiger partial charge in [-0.2, -0.15) is 0 Å². The number of rotatable bonds is 4. The van der Waals surface area contributed by atoms with Crippen LogP contribution in [0.2, 0.25) is 0 Å². The maximum atomic E-state index is 12.7. The van der Waals surface area contributed by atoms with E-state index in [4.69, 9.17) is 9.47 Å². The monoisotopic (exact) mass is 412 g/mol. The van der Waals surface area contributed by atoms with Crippen LogP contribution < -0.4 is 0 Å². The molecule has 8 aliphatic carbocycles. The Morgan fingerprint density at radius 1 is 0.633 bits per heavy atom. The largest absolute Gasteiger partial charge is 0.456 e. The minimum Gasteiger partial charge on any atom is -0.456 e. The first-order valence-corrected chi connectivity index (χ1v) is 12.5. The Morgan fingerprint density at radius 3 is 1.30 bits per heavy atom. The third-order valence-electron chi connectivity index (χ3n) is 10.5. The van der Waals surface area contributed by atoms with Gasteiger partial charge in [0, 0.05) is 12.2 Å². The molecular formula is C26H36O4. The van der Waals surface area contributed by atoms with Crippen LogP contribution in [0.4, 0.5) is 0 Å². The van der Waals surface area contributed by atoms with Crippen molar-refractivity contribution in [2.45, 2.75) is 89.3 Å². The maximum absolute atomic E-state index is 12.7. The smallest absolute Gasteiger partial charge is 0.331 e. The van der Waals surface area contributed by atoms with E-state index in [0.717, 1.165) is 49.4 Å². The topological polar surface area (TPSA) is 52.6 Å². The van der Waals surface area contributed by atoms with Crippen molar-refractivity contribution < 1.29 is 19.1 Å². The van der Waals surface area contributed by atoms with Gasteiger partial charge in [-0.1, -0.05) is 13.8 Å². The summed E-state index contributed by atoms with van der Waals surface area (Å²) < 4.78 is 12.2. The van der Waals surface area contributed by atoms with Gasteiger partial charge in [-0.05, 0) is 112 Å². The zero-order valence-electron chi connectivity index (χ0n) is 18.5. The van der Waals surface area contributed by atoms with Gasteiger partial charge in [-0.3, -0.25) is 0 Å². The van der Waals surface area contributed by atoms with Crippen molar-refractivity contribution >= 4 is 11.9 Å². The third-order valence-corrected chi connectivity index (χ3v) is 10.5. The Labute approximate surface area is 180 Å². The van der Waals surface area contributed by atoms with Gasteiger partial charge in [0.1, 0.15) is 11.2 Å². The molecule has 0 saturated heterocycles. The van der Waals surface area contributed by atoms with Crippen molar-refractivity contribution in [1.82, 2.24) is 0 Å². The van der Waals surface area contributed by atoms with Crippen LogP contribution in [0.3, 0.4) is 0 Å². The molecule has 0 spiro atoms. The van der Waals surface area contributed by atoms with Gasteiger partial charge >= 0.3 is 11.9 Å². The average Bonchev–Trinajstić information content (AvgIpc) is 2.67. The van der Waals surface area contributed by atoms with E-state index < -0.39 is 0 Å². The van der Waals surface area contributed by atoms with E-state index in [2.05, 4.69) is 13.8 Å². The summed E-state index contributed by atoms with van der Waals surface area (Å²) in [4.78, 5) is 25.4. The highest BCUT2D eigenvalue weighted by Crippen LogP contribution is 2.61. The number of hydrogen-bond donors (Lipinski definition) is 0. The molecule has 4 nitrogen and oxygen atoms in total. The summed E-state index contributed by atoms with van der Waals surface area (Å²) in [5.41, 5.74) is -0.594. The lowest BCUT2D eigenvalue weighted by Gasteiger charge is -2.59. The molecule has 0 radical (unpaired) electrons. The number of hydrogen-bond acceptors (Lipinski definition) is 4. The molecule has 0 aromatic heterocycles. The Morgan fingerprint density at radius 2 is 0.967 bits per heavy atom. The molecule has 0 heterocycles. The molecular weight excluding hydrogens is 376 g/mol. The number of carbonyl (C=O) groups excluding carboxylic acids is 2. The predicted octanol–water partition coefficient (Wildman–Crippen LogP) is 5.06. The lowest BCUT2D eigenvalue weighted by molar-refractivity contribution is -0.203. The standard InChI is InChI=1S/C26H36O4/c1-15-21-7-17-5-18(8-21)12-25(15,11-17)29-23(27)3-4-24(28)30-26-13-19-6-20(14-26)10-22(9-19)16(26)2/h3-4,15-22H,5-14H2,1-2H3/b4-3+. The molecule has 8 saturated carbocycles. The van der Waals surface area contributed by atoms with Gasteiger partial charge < -0.3 is 9.47 Å². The van der Waals surface area contributed by atoms with Gasteiger partial charge in [0.15, 0.2) is 0 Å². The first-order valence-electron chi connectivity index (χ1n) is 12.5. The number of ether oxygens (including phenoxy) is 2. The van der Waals surface area contributed by atoms with E-state index in [0.29, 0.717) is 23.7 Å². The van der Waals surface area contributed by atoms with E-state index in [1.807, 2.05) is 0 Å². The number of esters is 2. The van der Waals surface area contributed by atoms with E-state index in [1.54, 1.807) is 0 Å². The fraction of sp³-hybridized carbons (Fsp3) is 0.846. The van der Waals surface area contributed by atoms with E-state index in [-0.39, 0.29) is 23.1 Å². The molecule has 8 bridgehead atoms. The van der Waals surface area contributed by atoms with Crippen molar-refractivity contribution in [3.05, 3.63) is 12.2 Å². The van der Waals surface area contributed by atoms with Crippen LogP contribution in [0.1, 0.15) is 78.1 Å². The molecule has 6 unspecified atom stereocenters. The van der Waals surface area contributed by atoms with Crippen molar-refractivity contribution in [1.29, 1.82) is 0 Å². The summed E-state index contributed by atoms with van der Waals surface area (Å²) in [6.45, 7) is 4.53. The minimum atomic E-state index is -0.362. The van der Waals surface area contributed by atoms with Crippen LogP contribution in [0.25, 0.3) is 0 Å². The summed E-state index contributed by atoms with van der Waals surface area (Å²) in [5, 5.41) is 0. The van der Waals surface area contributed by atoms with Crippen LogP contribution in [0, 0.1) is 47.3 Å². The molecule has 6 atom stereocenters. The molecule has 164 valence electrons. The van der Waals surface area contributed by atoms with Gasteiger partial charge in [-0.25, -0.2) is 9.59 Å². The molecule has 0 aliphatic heterocycles. The second-order valence-corrected chi connectivity index (χ2v) is 12.1. The molecule has 0 aromatic rings. The molecule has 8 fully saturated rings. The summed E-state index contributed by atoms with van der Waals surface area (Å²) in [5.74, 6) is 4.43. The van der Waals surface area contributed by atoms with Crippen LogP contribution in [-0.4, -0.2) is 23.1 Å². The Balaban J connectivity index is 1.11. The zero-order valence-corrected chi connectivity index (χ0v) is 18.5. The van der Waals surface area contributed by atoms with Gasteiger partial charge in [0.2, 0.25) is 0 Å². The van der Waals surface area contributed by atoms with Gasteiger partial charge in [-0.15, -0.1) is 0 Å². The number of carbonyl (C=O) groups is 2. The quantitative estimate of drug-likeness (QED) is 0.478. The molecule has 8 aliphatic rings. The maximum Gasteiger partial charge on any atom is 0.331 e. The predicted molar refractivity (Wildman–Crippen MR) is 112 cm³/mol. The normalized spacial score (nSPS) is 52.7. The SMILES string of the molecule is CC1C2CC3CC(C2)CC1(OC(=O)/C=C/C(=O)OC12CC4CC(CC(C4)C1C)C2)C3. The molecule has 8 rings (SSSR count). The molecule has 0 N–H and O–H groups in total. The molecule has 4 heteroatoms. The van der Waals surface area contributed by atoms with Crippen molar-refractivity contribution in [2.75, 3.05) is 0 Å². The summed E-state index contributed by atoms with van der Waals surface area (Å²) >= 11 is 0. The van der Waals surface area contributed by atoms with Gasteiger partial charge in [0.05, 0.1) is 0 Å². The third kappa shape index (κ3) is 2.92. The van der Waals surface area contributed by atoms with E-state index in [1.165, 1.54) is 50.7 Å². The first-order chi connectivity index (χ1) is 14.3. The molecule has 30 heavy (non-hydrogen) atoms. The van der Waals surface area contributed by atoms with Crippen LogP contribution >= 0.6 is 0 Å². The highest BCUT2D eigenvalue weighted by molar-refractivity contribution is 5.92. The summed E-state index contributed by atoms with van der Waals surface area (Å²) in [7, 11) is 0. The van der Waals surface area contributed by atoms with Crippen LogP contribution in [-0.2, 0) is 19.1 Å². The first kappa shape index (κ1) is 19.4. The highest BCUT2D eigenvalue weighted by Gasteiger charge is 2.58. The highest BCUT2D eigenvalue weighted by atomic mass is 16.6. The zero-order chi connectivity index (χ0) is 20.7. The van der Waals surface area contributed by atoms with Crippen molar-refractivity contribution in [3.63, 3.8) is 0 Å². The Bertz CT molecular complexity index is 692. The summed E-state index contributed by atoms with van der Waals surface area (Å²) in [6, 6.07) is 0. The van der Waals surface area contributed by atoms with Gasteiger partial charge in [0.25, 0.3) is 0 Å². The van der Waals surface area contributed by atoms with E-state index >= 15 is 0 Å². The lowest BCUT2D eigenvalue weighted by Crippen LogP contribution is -2.58.